The second kappa shape index (κ2) is 6.85. The maximum absolute atomic E-state index is 5.53. The van der Waals surface area contributed by atoms with Crippen LogP contribution in [0, 0.1) is 0 Å². The van der Waals surface area contributed by atoms with Crippen LogP contribution in [0.4, 0.5) is 0 Å². The van der Waals surface area contributed by atoms with Crippen molar-refractivity contribution in [2.24, 2.45) is 5.73 Å². The van der Waals surface area contributed by atoms with Gasteiger partial charge in [0.25, 0.3) is 0 Å². The summed E-state index contributed by atoms with van der Waals surface area (Å²) in [7, 11) is 1.53. The predicted molar refractivity (Wildman–Crippen MR) is 65.1 cm³/mol. The van der Waals surface area contributed by atoms with Crippen LogP contribution in [0.2, 0.25) is 0 Å². The van der Waals surface area contributed by atoms with Crippen LogP contribution in [0.5, 0.6) is 5.75 Å². The summed E-state index contributed by atoms with van der Waals surface area (Å²) < 4.78 is 16.6. The molecule has 0 bridgehead atoms. The Labute approximate surface area is 104 Å². The Morgan fingerprint density at radius 1 is 1.44 bits per heavy atom. The van der Waals surface area contributed by atoms with Gasteiger partial charge in [-0.15, -0.1) is 0 Å². The van der Waals surface area contributed by atoms with Gasteiger partial charge in [-0.3, -0.25) is 0 Å². The van der Waals surface area contributed by atoms with E-state index < -0.39 is 6.48 Å². The first-order valence-corrected chi connectivity index (χ1v) is 5.80. The molecule has 0 aliphatic carbocycles. The van der Waals surface area contributed by atoms with Crippen LogP contribution in [0.3, 0.4) is 0 Å². The number of hydrogen-bond acceptors (Lipinski definition) is 4. The molecule has 4 nitrogen and oxygen atoms in total. The zero-order chi connectivity index (χ0) is 12.0. The fourth-order valence-corrected chi connectivity index (χ4v) is 1.68. The highest BCUT2D eigenvalue weighted by Gasteiger charge is 2.10. The van der Waals surface area contributed by atoms with Gasteiger partial charge in [-0.1, -0.05) is 6.07 Å². The molecule has 1 atom stereocenters. The minimum atomic E-state index is -0.690. The zero-order valence-corrected chi connectivity index (χ0v) is 11.0. The summed E-state index contributed by atoms with van der Waals surface area (Å²) in [6.45, 7) is 2.21. The third kappa shape index (κ3) is 3.75. The van der Waals surface area contributed by atoms with Crippen LogP contribution < -0.4 is 10.5 Å². The molecule has 0 fully saturated rings. The van der Waals surface area contributed by atoms with E-state index in [4.69, 9.17) is 19.9 Å². The molecule has 1 aromatic rings. The van der Waals surface area contributed by atoms with Crippen molar-refractivity contribution >= 4 is 15.9 Å². The Morgan fingerprint density at radius 3 is 2.69 bits per heavy atom. The SMILES string of the molecule is CCOC(OC)Oc1ccc(CN)cc1Br. The van der Waals surface area contributed by atoms with E-state index >= 15 is 0 Å². The van der Waals surface area contributed by atoms with Crippen molar-refractivity contribution in [1.82, 2.24) is 0 Å². The summed E-state index contributed by atoms with van der Waals surface area (Å²) in [6.07, 6.45) is 0. The molecule has 0 spiro atoms. The van der Waals surface area contributed by atoms with E-state index in [0.29, 0.717) is 18.9 Å². The molecule has 2 N–H and O–H groups in total. The molecule has 0 saturated heterocycles. The van der Waals surface area contributed by atoms with Gasteiger partial charge in [0.15, 0.2) is 0 Å². The van der Waals surface area contributed by atoms with E-state index in [9.17, 15) is 0 Å². The average Bonchev–Trinajstić information content (AvgIpc) is 2.30. The molecular weight excluding hydrogens is 274 g/mol. The lowest BCUT2D eigenvalue weighted by Crippen LogP contribution is -2.22. The number of nitrogens with two attached hydrogens (primary N) is 1. The zero-order valence-electron chi connectivity index (χ0n) is 9.40. The van der Waals surface area contributed by atoms with Crippen molar-refractivity contribution in [2.45, 2.75) is 19.9 Å². The molecule has 0 aromatic heterocycles. The second-order valence-electron chi connectivity index (χ2n) is 3.07. The van der Waals surface area contributed by atoms with Gasteiger partial charge in [-0.05, 0) is 40.5 Å². The van der Waals surface area contributed by atoms with E-state index in [0.717, 1.165) is 10.0 Å². The molecule has 5 heteroatoms. The van der Waals surface area contributed by atoms with E-state index in [2.05, 4.69) is 15.9 Å². The molecule has 0 heterocycles. The maximum atomic E-state index is 5.53. The van der Waals surface area contributed by atoms with Gasteiger partial charge >= 0.3 is 6.48 Å². The van der Waals surface area contributed by atoms with Crippen LogP contribution >= 0.6 is 15.9 Å². The minimum absolute atomic E-state index is 0.498. The Morgan fingerprint density at radius 2 is 2.19 bits per heavy atom. The molecule has 16 heavy (non-hydrogen) atoms. The smallest absolute Gasteiger partial charge is 0.315 e. The van der Waals surface area contributed by atoms with Gasteiger partial charge in [0.05, 0.1) is 11.1 Å². The summed E-state index contributed by atoms with van der Waals surface area (Å²) >= 11 is 3.41. The first kappa shape index (κ1) is 13.4. The number of rotatable bonds is 6. The summed E-state index contributed by atoms with van der Waals surface area (Å²) in [4.78, 5) is 0. The quantitative estimate of drug-likeness (QED) is 0.816. The van der Waals surface area contributed by atoms with Crippen molar-refractivity contribution in [3.63, 3.8) is 0 Å². The third-order valence-corrected chi connectivity index (χ3v) is 2.57. The molecule has 0 amide bonds. The van der Waals surface area contributed by atoms with Gasteiger partial charge < -0.3 is 19.9 Å². The van der Waals surface area contributed by atoms with Gasteiger partial charge in [-0.2, -0.15) is 0 Å². The Balaban J connectivity index is 2.72. The van der Waals surface area contributed by atoms with Crippen molar-refractivity contribution in [3.8, 4) is 5.75 Å². The maximum Gasteiger partial charge on any atom is 0.315 e. The fourth-order valence-electron chi connectivity index (χ4n) is 1.16. The second-order valence-corrected chi connectivity index (χ2v) is 3.92. The summed E-state index contributed by atoms with van der Waals surface area (Å²) in [5.74, 6) is 0.664. The van der Waals surface area contributed by atoms with Gasteiger partial charge in [0.2, 0.25) is 0 Å². The highest BCUT2D eigenvalue weighted by molar-refractivity contribution is 9.10. The van der Waals surface area contributed by atoms with Gasteiger partial charge in [0.1, 0.15) is 5.75 Å². The van der Waals surface area contributed by atoms with Crippen LogP contribution in [0.25, 0.3) is 0 Å². The van der Waals surface area contributed by atoms with Crippen LogP contribution in [-0.4, -0.2) is 20.2 Å². The van der Waals surface area contributed by atoms with E-state index in [1.165, 1.54) is 7.11 Å². The van der Waals surface area contributed by atoms with Gasteiger partial charge in [0, 0.05) is 13.7 Å². The lowest BCUT2D eigenvalue weighted by Gasteiger charge is -2.17. The molecular formula is C11H16BrNO3. The van der Waals surface area contributed by atoms with E-state index in [-0.39, 0.29) is 0 Å². The highest BCUT2D eigenvalue weighted by atomic mass is 79.9. The van der Waals surface area contributed by atoms with Crippen molar-refractivity contribution in [3.05, 3.63) is 28.2 Å². The molecule has 0 aliphatic rings. The standard InChI is InChI=1S/C11H16BrNO3/c1-3-15-11(14-2)16-10-5-4-8(7-13)6-9(10)12/h4-6,11H,3,7,13H2,1-2H3. The number of benzene rings is 1. The monoisotopic (exact) mass is 289 g/mol. The van der Waals surface area contributed by atoms with Crippen molar-refractivity contribution in [1.29, 1.82) is 0 Å². The number of methoxy groups -OCH3 is 1. The van der Waals surface area contributed by atoms with E-state index in [1.807, 2.05) is 25.1 Å². The lowest BCUT2D eigenvalue weighted by atomic mass is 10.2. The number of halogens is 1. The summed E-state index contributed by atoms with van der Waals surface area (Å²) in [5.41, 5.74) is 6.56. The third-order valence-electron chi connectivity index (χ3n) is 1.95. The number of hydrogen-bond donors (Lipinski definition) is 1. The van der Waals surface area contributed by atoms with Crippen molar-refractivity contribution in [2.75, 3.05) is 13.7 Å². The molecule has 0 radical (unpaired) electrons. The normalized spacial score (nSPS) is 12.5. The van der Waals surface area contributed by atoms with Crippen LogP contribution in [0.15, 0.2) is 22.7 Å². The summed E-state index contributed by atoms with van der Waals surface area (Å²) in [5, 5.41) is 0. The molecule has 90 valence electrons. The minimum Gasteiger partial charge on any atom is -0.440 e. The molecule has 0 saturated carbocycles. The van der Waals surface area contributed by atoms with Crippen LogP contribution in [0.1, 0.15) is 12.5 Å². The summed E-state index contributed by atoms with van der Waals surface area (Å²) in [6, 6.07) is 5.64. The lowest BCUT2D eigenvalue weighted by molar-refractivity contribution is -0.231. The predicted octanol–water partition coefficient (Wildman–Crippen LogP) is 2.25. The largest absolute Gasteiger partial charge is 0.440 e. The topological polar surface area (TPSA) is 53.7 Å². The Bertz CT molecular complexity index is 333. The first-order valence-electron chi connectivity index (χ1n) is 5.00. The molecule has 1 aromatic carbocycles. The Kier molecular flexibility index (Phi) is 5.76. The molecule has 0 aliphatic heterocycles. The fraction of sp³-hybridized carbons (Fsp3) is 0.455. The van der Waals surface area contributed by atoms with Crippen LogP contribution in [-0.2, 0) is 16.0 Å². The average molecular weight is 290 g/mol. The van der Waals surface area contributed by atoms with E-state index in [1.54, 1.807) is 0 Å². The highest BCUT2D eigenvalue weighted by Crippen LogP contribution is 2.27. The van der Waals surface area contributed by atoms with Gasteiger partial charge in [-0.25, -0.2) is 0 Å². The molecule has 1 unspecified atom stereocenters. The van der Waals surface area contributed by atoms with Crippen molar-refractivity contribution < 1.29 is 14.2 Å². The first-order chi connectivity index (χ1) is 7.71. The molecule has 1 rings (SSSR count). The Hall–Kier alpha value is -0.620. The number of ether oxygens (including phenoxy) is 3.